The molecular formula is C16H13FN2O2. The predicted molar refractivity (Wildman–Crippen MR) is 75.2 cm³/mol. The van der Waals surface area contributed by atoms with Gasteiger partial charge < -0.3 is 9.63 Å². The molecule has 0 amide bonds. The molecule has 0 unspecified atom stereocenters. The van der Waals surface area contributed by atoms with Gasteiger partial charge in [-0.05, 0) is 24.1 Å². The van der Waals surface area contributed by atoms with Crippen molar-refractivity contribution >= 4 is 0 Å². The molecular weight excluding hydrogens is 271 g/mol. The third kappa shape index (κ3) is 3.08. The molecule has 0 aliphatic rings. The van der Waals surface area contributed by atoms with Gasteiger partial charge in [-0.2, -0.15) is 4.98 Å². The van der Waals surface area contributed by atoms with Gasteiger partial charge in [0.2, 0.25) is 0 Å². The molecule has 0 fully saturated rings. The highest BCUT2D eigenvalue weighted by Gasteiger charge is 2.13. The molecule has 0 radical (unpaired) electrons. The van der Waals surface area contributed by atoms with Crippen molar-refractivity contribution in [2.45, 2.75) is 12.8 Å². The first-order valence-electron chi connectivity index (χ1n) is 6.58. The van der Waals surface area contributed by atoms with E-state index >= 15 is 0 Å². The largest absolute Gasteiger partial charge is 0.507 e. The van der Waals surface area contributed by atoms with Crippen molar-refractivity contribution in [3.05, 3.63) is 65.7 Å². The summed E-state index contributed by atoms with van der Waals surface area (Å²) in [7, 11) is 0. The van der Waals surface area contributed by atoms with E-state index in [4.69, 9.17) is 4.52 Å². The van der Waals surface area contributed by atoms with Crippen molar-refractivity contribution in [1.29, 1.82) is 0 Å². The van der Waals surface area contributed by atoms with E-state index in [0.29, 0.717) is 17.8 Å². The topological polar surface area (TPSA) is 59.2 Å². The van der Waals surface area contributed by atoms with E-state index in [1.165, 1.54) is 17.7 Å². The first-order chi connectivity index (χ1) is 10.2. The van der Waals surface area contributed by atoms with Crippen LogP contribution in [0.2, 0.25) is 0 Å². The zero-order valence-electron chi connectivity index (χ0n) is 11.2. The number of phenols is 1. The standard InChI is InChI=1S/C16H13FN2O2/c17-12-7-8-13(14(20)10-12)16-18-15(19-21-16)9-6-11-4-2-1-3-5-11/h1-5,7-8,10,20H,6,9H2. The van der Waals surface area contributed by atoms with Crippen LogP contribution in [0.4, 0.5) is 4.39 Å². The summed E-state index contributed by atoms with van der Waals surface area (Å²) in [5.41, 5.74) is 1.52. The lowest BCUT2D eigenvalue weighted by atomic mass is 10.1. The number of hydrogen-bond acceptors (Lipinski definition) is 4. The van der Waals surface area contributed by atoms with Gasteiger partial charge in [-0.25, -0.2) is 4.39 Å². The fourth-order valence-electron chi connectivity index (χ4n) is 2.05. The predicted octanol–water partition coefficient (Wildman–Crippen LogP) is 3.37. The number of aromatic nitrogens is 2. The second-order valence-corrected chi connectivity index (χ2v) is 4.66. The van der Waals surface area contributed by atoms with Gasteiger partial charge in [0.1, 0.15) is 11.6 Å². The van der Waals surface area contributed by atoms with Gasteiger partial charge in [0.15, 0.2) is 5.82 Å². The van der Waals surface area contributed by atoms with Crippen LogP contribution in [0.3, 0.4) is 0 Å². The maximum Gasteiger partial charge on any atom is 0.261 e. The summed E-state index contributed by atoms with van der Waals surface area (Å²) in [6, 6.07) is 13.7. The maximum atomic E-state index is 13.0. The van der Waals surface area contributed by atoms with Crippen molar-refractivity contribution < 1.29 is 14.0 Å². The van der Waals surface area contributed by atoms with Gasteiger partial charge in [0, 0.05) is 12.5 Å². The zero-order valence-corrected chi connectivity index (χ0v) is 11.2. The van der Waals surface area contributed by atoms with Crippen LogP contribution in [0, 0.1) is 5.82 Å². The molecule has 1 N–H and O–H groups in total. The summed E-state index contributed by atoms with van der Waals surface area (Å²) in [6.45, 7) is 0. The SMILES string of the molecule is Oc1cc(F)ccc1-c1nc(CCc2ccccc2)no1. The van der Waals surface area contributed by atoms with Crippen LogP contribution in [-0.2, 0) is 12.8 Å². The summed E-state index contributed by atoms with van der Waals surface area (Å²) in [5.74, 6) is 0.0152. The third-order valence-electron chi connectivity index (χ3n) is 3.14. The highest BCUT2D eigenvalue weighted by atomic mass is 19.1. The summed E-state index contributed by atoms with van der Waals surface area (Å²) in [6.07, 6.45) is 1.44. The Balaban J connectivity index is 1.74. The molecule has 0 saturated carbocycles. The van der Waals surface area contributed by atoms with Gasteiger partial charge in [0.25, 0.3) is 5.89 Å². The second-order valence-electron chi connectivity index (χ2n) is 4.66. The first-order valence-corrected chi connectivity index (χ1v) is 6.58. The lowest BCUT2D eigenvalue weighted by molar-refractivity contribution is 0.416. The summed E-state index contributed by atoms with van der Waals surface area (Å²) in [4.78, 5) is 4.23. The second kappa shape index (κ2) is 5.75. The minimum Gasteiger partial charge on any atom is -0.507 e. The molecule has 0 saturated heterocycles. The Kier molecular flexibility index (Phi) is 3.64. The fraction of sp³-hybridized carbons (Fsp3) is 0.125. The minimum atomic E-state index is -0.514. The van der Waals surface area contributed by atoms with Crippen LogP contribution in [0.5, 0.6) is 5.75 Å². The molecule has 3 aromatic rings. The lowest BCUT2D eigenvalue weighted by Crippen LogP contribution is -1.93. The number of halogens is 1. The molecule has 0 aliphatic carbocycles. The van der Waals surface area contributed by atoms with Crippen LogP contribution < -0.4 is 0 Å². The number of aryl methyl sites for hydroxylation is 2. The van der Waals surface area contributed by atoms with Crippen molar-refractivity contribution in [3.8, 4) is 17.2 Å². The average Bonchev–Trinajstić information content (AvgIpc) is 2.95. The number of phenolic OH excluding ortho intramolecular Hbond substituents is 1. The Morgan fingerprint density at radius 2 is 1.86 bits per heavy atom. The molecule has 1 aromatic heterocycles. The monoisotopic (exact) mass is 284 g/mol. The molecule has 2 aromatic carbocycles. The normalized spacial score (nSPS) is 10.7. The van der Waals surface area contributed by atoms with Crippen LogP contribution >= 0.6 is 0 Å². The Bertz CT molecular complexity index is 741. The van der Waals surface area contributed by atoms with E-state index in [-0.39, 0.29) is 11.6 Å². The van der Waals surface area contributed by atoms with Crippen LogP contribution in [0.25, 0.3) is 11.5 Å². The molecule has 106 valence electrons. The lowest BCUT2D eigenvalue weighted by Gasteiger charge is -1.98. The highest BCUT2D eigenvalue weighted by molar-refractivity contribution is 5.61. The number of hydrogen-bond donors (Lipinski definition) is 1. The quantitative estimate of drug-likeness (QED) is 0.798. The Hall–Kier alpha value is -2.69. The molecule has 21 heavy (non-hydrogen) atoms. The van der Waals surface area contributed by atoms with Crippen LogP contribution in [0.15, 0.2) is 53.1 Å². The summed E-state index contributed by atoms with van der Waals surface area (Å²) in [5, 5.41) is 13.6. The molecule has 5 heteroatoms. The molecule has 3 rings (SSSR count). The molecule has 1 heterocycles. The van der Waals surface area contributed by atoms with E-state index in [1.807, 2.05) is 30.3 Å². The van der Waals surface area contributed by atoms with Crippen LogP contribution in [-0.4, -0.2) is 15.2 Å². The van der Waals surface area contributed by atoms with Crippen LogP contribution in [0.1, 0.15) is 11.4 Å². The van der Waals surface area contributed by atoms with Crippen molar-refractivity contribution in [1.82, 2.24) is 10.1 Å². The average molecular weight is 284 g/mol. The Morgan fingerprint density at radius 1 is 1.05 bits per heavy atom. The van der Waals surface area contributed by atoms with E-state index in [2.05, 4.69) is 10.1 Å². The Labute approximate surface area is 120 Å². The minimum absolute atomic E-state index is 0.190. The summed E-state index contributed by atoms with van der Waals surface area (Å²) >= 11 is 0. The number of aromatic hydroxyl groups is 1. The first kappa shape index (κ1) is 13.3. The molecule has 4 nitrogen and oxygen atoms in total. The van der Waals surface area contributed by atoms with Gasteiger partial charge in [0.05, 0.1) is 5.56 Å². The molecule has 0 bridgehead atoms. The maximum absolute atomic E-state index is 13.0. The van der Waals surface area contributed by atoms with E-state index in [0.717, 1.165) is 12.5 Å². The van der Waals surface area contributed by atoms with Crippen molar-refractivity contribution in [2.75, 3.05) is 0 Å². The highest BCUT2D eigenvalue weighted by Crippen LogP contribution is 2.28. The van der Waals surface area contributed by atoms with Gasteiger partial charge in [-0.1, -0.05) is 35.5 Å². The molecule has 0 aliphatic heterocycles. The van der Waals surface area contributed by atoms with Gasteiger partial charge >= 0.3 is 0 Å². The Morgan fingerprint density at radius 3 is 2.62 bits per heavy atom. The number of rotatable bonds is 4. The zero-order chi connectivity index (χ0) is 14.7. The van der Waals surface area contributed by atoms with E-state index < -0.39 is 5.82 Å². The van der Waals surface area contributed by atoms with E-state index in [9.17, 15) is 9.50 Å². The van der Waals surface area contributed by atoms with Gasteiger partial charge in [-0.15, -0.1) is 0 Å². The van der Waals surface area contributed by atoms with E-state index in [1.54, 1.807) is 0 Å². The smallest absolute Gasteiger partial charge is 0.261 e. The number of nitrogens with zero attached hydrogens (tertiary/aromatic N) is 2. The summed E-state index contributed by atoms with van der Waals surface area (Å²) < 4.78 is 18.1. The number of benzene rings is 2. The van der Waals surface area contributed by atoms with Crippen molar-refractivity contribution in [3.63, 3.8) is 0 Å². The van der Waals surface area contributed by atoms with Gasteiger partial charge in [-0.3, -0.25) is 0 Å². The third-order valence-corrected chi connectivity index (χ3v) is 3.14. The fourth-order valence-corrected chi connectivity index (χ4v) is 2.05. The van der Waals surface area contributed by atoms with Crippen molar-refractivity contribution in [2.24, 2.45) is 0 Å². The molecule has 0 spiro atoms. The molecule has 0 atom stereocenters.